The van der Waals surface area contributed by atoms with Crippen molar-refractivity contribution in [2.45, 2.75) is 65.1 Å². The number of hydrogen-bond donors (Lipinski definition) is 2. The number of hydrogen-bond acceptors (Lipinski definition) is 4. The second-order valence-electron chi connectivity index (χ2n) is 6.44. The molecule has 0 saturated carbocycles. The van der Waals surface area contributed by atoms with Crippen LogP contribution in [0.25, 0.3) is 0 Å². The lowest BCUT2D eigenvalue weighted by Crippen LogP contribution is -2.42. The molecule has 1 amide bonds. The van der Waals surface area contributed by atoms with Crippen molar-refractivity contribution in [3.63, 3.8) is 0 Å². The third kappa shape index (κ3) is 9.08. The summed E-state index contributed by atoms with van der Waals surface area (Å²) in [5.74, 6) is 0. The van der Waals surface area contributed by atoms with E-state index < -0.39 is 5.60 Å². The first-order chi connectivity index (χ1) is 10.7. The van der Waals surface area contributed by atoms with Gasteiger partial charge in [-0.15, -0.1) is 11.3 Å². The molecular formula is C16H26Br2N2O2S. The van der Waals surface area contributed by atoms with Crippen molar-refractivity contribution >= 4 is 49.3 Å². The van der Waals surface area contributed by atoms with Gasteiger partial charge in [-0.05, 0) is 65.1 Å². The highest BCUT2D eigenvalue weighted by atomic mass is 79.9. The summed E-state index contributed by atoms with van der Waals surface area (Å²) in [6.07, 6.45) is 2.94. The molecule has 1 heterocycles. The lowest BCUT2D eigenvalue weighted by Gasteiger charge is -2.22. The molecule has 1 aromatic heterocycles. The van der Waals surface area contributed by atoms with Gasteiger partial charge < -0.3 is 15.4 Å². The summed E-state index contributed by atoms with van der Waals surface area (Å²) in [6, 6.07) is 2.35. The Morgan fingerprint density at radius 3 is 2.61 bits per heavy atom. The fourth-order valence-corrected chi connectivity index (χ4v) is 4.10. The van der Waals surface area contributed by atoms with Crippen LogP contribution in [0.4, 0.5) is 4.79 Å². The van der Waals surface area contributed by atoms with E-state index in [-0.39, 0.29) is 12.1 Å². The molecule has 4 nitrogen and oxygen atoms in total. The first-order valence-electron chi connectivity index (χ1n) is 7.85. The molecule has 0 aliphatic carbocycles. The van der Waals surface area contributed by atoms with Gasteiger partial charge >= 0.3 is 6.09 Å². The lowest BCUT2D eigenvalue weighted by molar-refractivity contribution is 0.0521. The SMILES string of the molecule is CCCCC(CNC(=O)OC(C)(C)C)NCc1cc(Br)c(Br)s1. The molecule has 0 fully saturated rings. The van der Waals surface area contributed by atoms with Crippen LogP contribution in [0.3, 0.4) is 0 Å². The van der Waals surface area contributed by atoms with Gasteiger partial charge in [0.05, 0.1) is 3.79 Å². The van der Waals surface area contributed by atoms with Crippen LogP contribution in [-0.4, -0.2) is 24.3 Å². The van der Waals surface area contributed by atoms with Gasteiger partial charge in [0.15, 0.2) is 0 Å². The third-order valence-corrected chi connectivity index (χ3v) is 6.32. The molecule has 1 atom stereocenters. The summed E-state index contributed by atoms with van der Waals surface area (Å²) >= 11 is 8.73. The number of thiophene rings is 1. The van der Waals surface area contributed by atoms with Gasteiger partial charge in [0, 0.05) is 28.5 Å². The van der Waals surface area contributed by atoms with Crippen molar-refractivity contribution in [3.05, 3.63) is 19.2 Å². The molecule has 0 bridgehead atoms. The number of nitrogens with one attached hydrogen (secondary N) is 2. The molecule has 0 saturated heterocycles. The number of carbonyl (C=O) groups excluding carboxylic acids is 1. The maximum atomic E-state index is 11.8. The topological polar surface area (TPSA) is 50.4 Å². The monoisotopic (exact) mass is 468 g/mol. The van der Waals surface area contributed by atoms with Crippen molar-refractivity contribution in [1.82, 2.24) is 10.6 Å². The number of halogens is 2. The maximum absolute atomic E-state index is 11.8. The van der Waals surface area contributed by atoms with E-state index in [4.69, 9.17) is 4.74 Å². The zero-order valence-corrected chi connectivity index (χ0v) is 18.2. The first kappa shape index (κ1) is 20.9. The van der Waals surface area contributed by atoms with Crippen LogP contribution in [0.1, 0.15) is 51.8 Å². The zero-order valence-electron chi connectivity index (χ0n) is 14.2. The lowest BCUT2D eigenvalue weighted by atomic mass is 10.1. The number of amides is 1. The van der Waals surface area contributed by atoms with E-state index in [9.17, 15) is 4.79 Å². The quantitative estimate of drug-likeness (QED) is 0.532. The highest BCUT2D eigenvalue weighted by molar-refractivity contribution is 9.13. The molecule has 2 N–H and O–H groups in total. The summed E-state index contributed by atoms with van der Waals surface area (Å²) in [4.78, 5) is 13.0. The number of unbranched alkanes of at least 4 members (excludes halogenated alkanes) is 1. The molecule has 1 rings (SSSR count). The normalized spacial score (nSPS) is 13.0. The van der Waals surface area contributed by atoms with Crippen LogP contribution in [0.2, 0.25) is 0 Å². The van der Waals surface area contributed by atoms with E-state index in [2.05, 4.69) is 55.5 Å². The molecule has 1 unspecified atom stereocenters. The average molecular weight is 470 g/mol. The second-order valence-corrected chi connectivity index (χ2v) is 9.75. The van der Waals surface area contributed by atoms with E-state index in [1.54, 1.807) is 11.3 Å². The van der Waals surface area contributed by atoms with Gasteiger partial charge in [0.25, 0.3) is 0 Å². The van der Waals surface area contributed by atoms with E-state index in [0.29, 0.717) is 6.54 Å². The van der Waals surface area contributed by atoms with Crippen molar-refractivity contribution < 1.29 is 9.53 Å². The van der Waals surface area contributed by atoms with Crippen LogP contribution in [0, 0.1) is 0 Å². The van der Waals surface area contributed by atoms with E-state index in [1.807, 2.05) is 20.8 Å². The predicted molar refractivity (Wildman–Crippen MR) is 104 cm³/mol. The third-order valence-electron chi connectivity index (χ3n) is 3.06. The minimum Gasteiger partial charge on any atom is -0.444 e. The molecule has 0 spiro atoms. The van der Waals surface area contributed by atoms with Gasteiger partial charge in [-0.3, -0.25) is 0 Å². The molecular weight excluding hydrogens is 444 g/mol. The Kier molecular flexibility index (Phi) is 9.11. The Morgan fingerprint density at radius 2 is 2.09 bits per heavy atom. The smallest absolute Gasteiger partial charge is 0.407 e. The zero-order chi connectivity index (χ0) is 17.5. The minimum atomic E-state index is -0.466. The molecule has 1 aromatic rings. The van der Waals surface area contributed by atoms with Gasteiger partial charge in [-0.1, -0.05) is 19.8 Å². The first-order valence-corrected chi connectivity index (χ1v) is 10.3. The predicted octanol–water partition coefficient (Wildman–Crippen LogP) is 5.45. The summed E-state index contributed by atoms with van der Waals surface area (Å²) in [5, 5.41) is 6.39. The minimum absolute atomic E-state index is 0.238. The van der Waals surface area contributed by atoms with Crippen molar-refractivity contribution in [3.8, 4) is 0 Å². The standard InChI is InChI=1S/C16H26Br2N2O2S/c1-5-6-7-11(9-20-15(21)22-16(2,3)4)19-10-12-8-13(17)14(18)23-12/h8,11,19H,5-7,9-10H2,1-4H3,(H,20,21). The van der Waals surface area contributed by atoms with Crippen molar-refractivity contribution in [1.29, 1.82) is 0 Å². The number of ether oxygens (including phenoxy) is 1. The molecule has 7 heteroatoms. The average Bonchev–Trinajstić information content (AvgIpc) is 2.75. The maximum Gasteiger partial charge on any atom is 0.407 e. The molecule has 0 aliphatic heterocycles. The van der Waals surface area contributed by atoms with Crippen LogP contribution in [0.5, 0.6) is 0 Å². The van der Waals surface area contributed by atoms with Gasteiger partial charge in [0.2, 0.25) is 0 Å². The largest absolute Gasteiger partial charge is 0.444 e. The Hall–Kier alpha value is -0.110. The molecule has 132 valence electrons. The van der Waals surface area contributed by atoms with Crippen molar-refractivity contribution in [2.75, 3.05) is 6.54 Å². The van der Waals surface area contributed by atoms with E-state index in [1.165, 1.54) is 4.88 Å². The highest BCUT2D eigenvalue weighted by Crippen LogP contribution is 2.32. The fourth-order valence-electron chi connectivity index (χ4n) is 1.97. The Balaban J connectivity index is 2.46. The Morgan fingerprint density at radius 1 is 1.39 bits per heavy atom. The van der Waals surface area contributed by atoms with Crippen LogP contribution >= 0.6 is 43.2 Å². The van der Waals surface area contributed by atoms with E-state index in [0.717, 1.165) is 34.1 Å². The highest BCUT2D eigenvalue weighted by Gasteiger charge is 2.17. The fraction of sp³-hybridized carbons (Fsp3) is 0.688. The number of rotatable bonds is 8. The van der Waals surface area contributed by atoms with Crippen LogP contribution < -0.4 is 10.6 Å². The van der Waals surface area contributed by atoms with Gasteiger partial charge in [-0.25, -0.2) is 4.79 Å². The molecule has 0 aromatic carbocycles. The number of alkyl carbamates (subject to hydrolysis) is 1. The van der Waals surface area contributed by atoms with Crippen LogP contribution in [-0.2, 0) is 11.3 Å². The molecule has 23 heavy (non-hydrogen) atoms. The Bertz CT molecular complexity index is 481. The summed E-state index contributed by atoms with van der Waals surface area (Å²) in [6.45, 7) is 9.14. The Labute approximate surface area is 160 Å². The molecule has 0 aliphatic rings. The molecule has 0 radical (unpaired) electrons. The van der Waals surface area contributed by atoms with Crippen molar-refractivity contribution in [2.24, 2.45) is 0 Å². The van der Waals surface area contributed by atoms with E-state index >= 15 is 0 Å². The second kappa shape index (κ2) is 10.0. The summed E-state index contributed by atoms with van der Waals surface area (Å²) < 4.78 is 7.47. The summed E-state index contributed by atoms with van der Waals surface area (Å²) in [5.41, 5.74) is -0.466. The van der Waals surface area contributed by atoms with Crippen LogP contribution in [0.15, 0.2) is 14.3 Å². The number of carbonyl (C=O) groups is 1. The van der Waals surface area contributed by atoms with Gasteiger partial charge in [-0.2, -0.15) is 0 Å². The summed E-state index contributed by atoms with van der Waals surface area (Å²) in [7, 11) is 0. The van der Waals surface area contributed by atoms with Gasteiger partial charge in [0.1, 0.15) is 5.60 Å².